The van der Waals surface area contributed by atoms with E-state index < -0.39 is 198 Å². The maximum atomic E-state index is 14.9. The van der Waals surface area contributed by atoms with Crippen molar-refractivity contribution in [3.8, 4) is 0 Å². The van der Waals surface area contributed by atoms with Crippen LogP contribution in [0.15, 0.2) is 0 Å². The van der Waals surface area contributed by atoms with E-state index in [1.54, 1.807) is 0 Å². The van der Waals surface area contributed by atoms with Crippen molar-refractivity contribution >= 4 is 5.78 Å². The number of Topliss-reactive ketones (excluding diaryl/α,β-unsaturated/α-hetero) is 1. The van der Waals surface area contributed by atoms with E-state index in [1.807, 2.05) is 13.8 Å². The van der Waals surface area contributed by atoms with Gasteiger partial charge >= 0.3 is 0 Å². The topological polar surface area (TPSA) is 463 Å². The highest BCUT2D eigenvalue weighted by Crippen LogP contribution is 2.70. The van der Waals surface area contributed by atoms with E-state index in [2.05, 4.69) is 13.8 Å². The zero-order chi connectivity index (χ0) is 61.5. The number of ether oxygens (including phenoxy) is 11. The molecule has 29 heteroatoms. The van der Waals surface area contributed by atoms with Gasteiger partial charge in [-0.3, -0.25) is 4.79 Å². The van der Waals surface area contributed by atoms with Gasteiger partial charge < -0.3 is 139 Å². The van der Waals surface area contributed by atoms with Gasteiger partial charge in [-0.1, -0.05) is 27.7 Å². The van der Waals surface area contributed by atoms with Crippen molar-refractivity contribution in [1.82, 2.24) is 0 Å². The summed E-state index contributed by atoms with van der Waals surface area (Å²) in [4.78, 5) is 14.9. The number of hydrogen-bond donors (Lipinski definition) is 17. The highest BCUT2D eigenvalue weighted by Gasteiger charge is 2.71. The lowest BCUT2D eigenvalue weighted by atomic mass is 9.44. The molecule has 6 heterocycles. The predicted molar refractivity (Wildman–Crippen MR) is 279 cm³/mol. The molecular weight excluding hydrogens is 1140 g/mol. The van der Waals surface area contributed by atoms with Crippen LogP contribution in [0, 0.1) is 52.3 Å². The van der Waals surface area contributed by atoms with Gasteiger partial charge in [-0.25, -0.2) is 0 Å². The van der Waals surface area contributed by atoms with Gasteiger partial charge in [0.15, 0.2) is 37.2 Å². The Morgan fingerprint density at radius 3 is 1.79 bits per heavy atom. The first-order valence-electron chi connectivity index (χ1n) is 30.2. The third kappa shape index (κ3) is 12.1. The molecular formula is C56H92O29. The maximum Gasteiger partial charge on any atom is 0.187 e. The van der Waals surface area contributed by atoms with Gasteiger partial charge in [0.1, 0.15) is 122 Å². The standard InChI is InChI=1S/C56H92O29/c1-20(18-75-49-43(71)39(67)36(64)29(14-57)78-49)7-10-56(74)21(2)34-28(85-56)12-26-24-6-5-22-11-23(8-9-54(22,3)25(24)13-33(62)55(26,34)4)77-51-45(73)41(69)46(32(17-60)81-51)82-53-48(84-52-44(72)40(68)37(65)30(15-58)79-52)47(38(66)31(16-59)80-53)83-50-42(70)35(63)27(61)19-76-50/h20-32,34-53,57-61,63-74H,5-19H2,1-4H3/t20?,21-,22?,23-,24?,25?,26?,27+,28?,29+,30+,31+,32+,34?,35-,36+,37-,38+,39-,40-,41+,42+,43+,44+,45+,46+,47-,48+,49+,50-,51+,52-,53-,54-,55+,56?/m0/s1. The quantitative estimate of drug-likeness (QED) is 0.0568. The molecule has 0 bridgehead atoms. The van der Waals surface area contributed by atoms with Crippen molar-refractivity contribution in [1.29, 1.82) is 0 Å². The van der Waals surface area contributed by atoms with E-state index in [1.165, 1.54) is 0 Å². The molecule has 0 amide bonds. The van der Waals surface area contributed by atoms with Crippen molar-refractivity contribution in [2.75, 3.05) is 39.6 Å². The lowest BCUT2D eigenvalue weighted by Gasteiger charge is -2.60. The molecule has 10 aliphatic rings. The third-order valence-corrected chi connectivity index (χ3v) is 21.7. The van der Waals surface area contributed by atoms with Crippen LogP contribution in [0.4, 0.5) is 0 Å². The predicted octanol–water partition coefficient (Wildman–Crippen LogP) is -6.31. The van der Waals surface area contributed by atoms with Gasteiger partial charge in [0.2, 0.25) is 0 Å². The zero-order valence-corrected chi connectivity index (χ0v) is 48.2. The summed E-state index contributed by atoms with van der Waals surface area (Å²) in [7, 11) is 0. The van der Waals surface area contributed by atoms with Gasteiger partial charge in [0, 0.05) is 30.1 Å². The molecule has 6 saturated heterocycles. The highest BCUT2D eigenvalue weighted by molar-refractivity contribution is 5.87. The third-order valence-electron chi connectivity index (χ3n) is 21.7. The molecule has 36 atom stereocenters. The molecule has 0 spiro atoms. The molecule has 490 valence electrons. The molecule has 10 rings (SSSR count). The smallest absolute Gasteiger partial charge is 0.187 e. The summed E-state index contributed by atoms with van der Waals surface area (Å²) in [6.07, 6.45) is -36.8. The first-order chi connectivity index (χ1) is 40.2. The van der Waals surface area contributed by atoms with Gasteiger partial charge in [-0.05, 0) is 80.0 Å². The molecule has 4 saturated carbocycles. The number of carbonyl (C=O) groups excluding carboxylic acids is 1. The Morgan fingerprint density at radius 2 is 1.13 bits per heavy atom. The second-order valence-electron chi connectivity index (χ2n) is 26.5. The van der Waals surface area contributed by atoms with E-state index in [0.717, 1.165) is 12.8 Å². The van der Waals surface area contributed by atoms with Crippen molar-refractivity contribution in [3.05, 3.63) is 0 Å². The molecule has 10 fully saturated rings. The van der Waals surface area contributed by atoms with Crippen LogP contribution in [-0.2, 0) is 56.9 Å². The van der Waals surface area contributed by atoms with Crippen LogP contribution in [0.3, 0.4) is 0 Å². The summed E-state index contributed by atoms with van der Waals surface area (Å²) in [5.74, 6) is -1.75. The first-order valence-corrected chi connectivity index (χ1v) is 30.2. The number of hydrogen-bond acceptors (Lipinski definition) is 29. The van der Waals surface area contributed by atoms with Crippen LogP contribution in [0.2, 0.25) is 0 Å². The second-order valence-corrected chi connectivity index (χ2v) is 26.5. The number of fused-ring (bicyclic) bond motifs is 7. The van der Waals surface area contributed by atoms with Gasteiger partial charge in [-0.2, -0.15) is 0 Å². The van der Waals surface area contributed by atoms with Crippen LogP contribution in [0.1, 0.15) is 85.5 Å². The Kier molecular flexibility index (Phi) is 20.5. The van der Waals surface area contributed by atoms with Crippen LogP contribution in [0.25, 0.3) is 0 Å². The Hall–Kier alpha value is -1.45. The lowest BCUT2D eigenvalue weighted by molar-refractivity contribution is -0.404. The van der Waals surface area contributed by atoms with Gasteiger partial charge in [0.25, 0.3) is 0 Å². The molecule has 29 nitrogen and oxygen atoms in total. The summed E-state index contributed by atoms with van der Waals surface area (Å²) in [5, 5.41) is 182. The highest BCUT2D eigenvalue weighted by atomic mass is 16.8. The van der Waals surface area contributed by atoms with Crippen molar-refractivity contribution in [3.63, 3.8) is 0 Å². The summed E-state index contributed by atoms with van der Waals surface area (Å²) >= 11 is 0. The number of aliphatic hydroxyl groups excluding tert-OH is 16. The summed E-state index contributed by atoms with van der Waals surface area (Å²) < 4.78 is 65.6. The number of aliphatic hydroxyl groups is 17. The summed E-state index contributed by atoms with van der Waals surface area (Å²) in [5.41, 5.74) is -1.01. The zero-order valence-electron chi connectivity index (χ0n) is 48.2. The lowest BCUT2D eigenvalue weighted by Crippen LogP contribution is -2.68. The Labute approximate surface area is 491 Å². The minimum atomic E-state index is -2.04. The fourth-order valence-electron chi connectivity index (χ4n) is 16.5. The number of rotatable bonds is 18. The number of ketones is 1. The summed E-state index contributed by atoms with van der Waals surface area (Å²) in [6, 6.07) is 0. The Bertz CT molecular complexity index is 2220. The minimum absolute atomic E-state index is 0.0191. The van der Waals surface area contributed by atoms with E-state index in [0.29, 0.717) is 38.5 Å². The van der Waals surface area contributed by atoms with E-state index in [9.17, 15) is 91.6 Å². The van der Waals surface area contributed by atoms with Crippen LogP contribution < -0.4 is 0 Å². The van der Waals surface area contributed by atoms with Crippen molar-refractivity contribution in [2.24, 2.45) is 52.3 Å². The fourth-order valence-corrected chi connectivity index (χ4v) is 16.5. The van der Waals surface area contributed by atoms with E-state index in [4.69, 9.17) is 52.1 Å². The molecule has 0 radical (unpaired) electrons. The molecule has 6 aliphatic heterocycles. The van der Waals surface area contributed by atoms with Crippen LogP contribution in [-0.4, -0.2) is 298 Å². The SMILES string of the molecule is CC(CCC1(O)OC2CC3C4CCC5C[C@@H](O[C@@H]6O[C@H](CO)[C@@H](O[C@@H]7O[C@H](CO)[C@@H](O)[C@H](O[C@@H]8OC[C@@H](O)[C@H](O)[C@H]8O)[C@H]7O[C@@H]7O[C@H](CO)[C@H](O)[C@H](O)[C@H]7O)[C@H](O)[C@H]6O)CC[C@]5(C)C4CC(=O)[C@]3(C)C2[C@@H]1C)CO[C@@H]1O[C@H](CO)[C@@H](O)[C@H](O)[C@H]1O. The van der Waals surface area contributed by atoms with Crippen LogP contribution in [0.5, 0.6) is 0 Å². The van der Waals surface area contributed by atoms with E-state index in [-0.39, 0.29) is 71.8 Å². The van der Waals surface area contributed by atoms with E-state index >= 15 is 0 Å². The molecule has 8 unspecified atom stereocenters. The van der Waals surface area contributed by atoms with Crippen LogP contribution >= 0.6 is 0 Å². The Morgan fingerprint density at radius 1 is 0.576 bits per heavy atom. The van der Waals surface area contributed by atoms with Gasteiger partial charge in [-0.15, -0.1) is 0 Å². The minimum Gasteiger partial charge on any atom is -0.394 e. The average Bonchev–Trinajstić information content (AvgIpc) is 1.70. The number of carbonyl (C=O) groups is 1. The van der Waals surface area contributed by atoms with Gasteiger partial charge in [0.05, 0.1) is 51.8 Å². The fraction of sp³-hybridized carbons (Fsp3) is 0.982. The molecule has 4 aliphatic carbocycles. The normalized spacial score (nSPS) is 54.9. The molecule has 0 aromatic heterocycles. The molecule has 0 aromatic rings. The molecule has 85 heavy (non-hydrogen) atoms. The summed E-state index contributed by atoms with van der Waals surface area (Å²) in [6.45, 7) is 4.47. The Balaban J connectivity index is 0.769. The largest absolute Gasteiger partial charge is 0.394 e. The monoisotopic (exact) mass is 1230 g/mol. The maximum absolute atomic E-state index is 14.9. The average molecular weight is 1230 g/mol. The van der Waals surface area contributed by atoms with Crippen molar-refractivity contribution in [2.45, 2.75) is 251 Å². The molecule has 17 N–H and O–H groups in total. The van der Waals surface area contributed by atoms with Crippen molar-refractivity contribution < 1.29 is 144 Å². The first kappa shape index (κ1) is 66.5. The molecule has 0 aromatic carbocycles. The second kappa shape index (κ2) is 26.3.